The summed E-state index contributed by atoms with van der Waals surface area (Å²) >= 11 is 0. The van der Waals surface area contributed by atoms with E-state index < -0.39 is 0 Å². The third-order valence-electron chi connectivity index (χ3n) is 4.12. The van der Waals surface area contributed by atoms with Crippen LogP contribution in [0.15, 0.2) is 24.3 Å². The second kappa shape index (κ2) is 8.83. The maximum absolute atomic E-state index is 12.4. The Morgan fingerprint density at radius 1 is 1.14 bits per heavy atom. The maximum atomic E-state index is 12.4. The minimum atomic E-state index is 0.187. The predicted molar refractivity (Wildman–Crippen MR) is 86.0 cm³/mol. The molecular formula is C18H27NO2. The lowest BCUT2D eigenvalue weighted by molar-refractivity contribution is 0.0895. The van der Waals surface area contributed by atoms with Crippen LogP contribution in [-0.2, 0) is 0 Å². The van der Waals surface area contributed by atoms with Crippen LogP contribution in [0.2, 0.25) is 0 Å². The van der Waals surface area contributed by atoms with Gasteiger partial charge < -0.3 is 10.1 Å². The second-order valence-electron chi connectivity index (χ2n) is 5.82. The first-order valence-electron chi connectivity index (χ1n) is 8.29. The summed E-state index contributed by atoms with van der Waals surface area (Å²) in [6, 6.07) is 7.67. The summed E-state index contributed by atoms with van der Waals surface area (Å²) in [5.74, 6) is 1.34. The monoisotopic (exact) mass is 289 g/mol. The maximum Gasteiger partial charge on any atom is 0.166 e. The van der Waals surface area contributed by atoms with Crippen LogP contribution in [0.4, 0.5) is 0 Å². The topological polar surface area (TPSA) is 38.3 Å². The van der Waals surface area contributed by atoms with Crippen LogP contribution in [0.3, 0.4) is 0 Å². The normalized spacial score (nSPS) is 15.9. The first-order valence-corrected chi connectivity index (χ1v) is 8.29. The van der Waals surface area contributed by atoms with Crippen molar-refractivity contribution in [1.29, 1.82) is 0 Å². The third-order valence-corrected chi connectivity index (χ3v) is 4.12. The van der Waals surface area contributed by atoms with Gasteiger partial charge in [0, 0.05) is 11.5 Å². The highest BCUT2D eigenvalue weighted by Crippen LogP contribution is 2.20. The Balaban J connectivity index is 1.79. The number of benzene rings is 1. The molecule has 0 aliphatic carbocycles. The molecule has 0 bridgehead atoms. The Kier molecular flexibility index (Phi) is 6.74. The first-order chi connectivity index (χ1) is 10.3. The largest absolute Gasteiger partial charge is 0.494 e. The molecule has 1 aliphatic heterocycles. The Hall–Kier alpha value is -1.35. The van der Waals surface area contributed by atoms with Gasteiger partial charge in [-0.25, -0.2) is 0 Å². The second-order valence-corrected chi connectivity index (χ2v) is 5.82. The van der Waals surface area contributed by atoms with Crippen molar-refractivity contribution in [2.24, 2.45) is 5.92 Å². The first kappa shape index (κ1) is 16.0. The highest BCUT2D eigenvalue weighted by molar-refractivity contribution is 5.98. The Bertz CT molecular complexity index is 421. The van der Waals surface area contributed by atoms with Gasteiger partial charge >= 0.3 is 0 Å². The number of Topliss-reactive ketones (excluding diaryl/α,β-unsaturated/α-hetero) is 1. The van der Waals surface area contributed by atoms with Crippen LogP contribution >= 0.6 is 0 Å². The highest BCUT2D eigenvalue weighted by atomic mass is 16.5. The van der Waals surface area contributed by atoms with Gasteiger partial charge in [0.15, 0.2) is 5.78 Å². The lowest BCUT2D eigenvalue weighted by Crippen LogP contribution is -2.31. The van der Waals surface area contributed by atoms with Crippen LogP contribution in [0.25, 0.3) is 0 Å². The number of hydrogen-bond donors (Lipinski definition) is 1. The summed E-state index contributed by atoms with van der Waals surface area (Å²) in [5.41, 5.74) is 0.820. The molecule has 2 rings (SSSR count). The van der Waals surface area contributed by atoms with Gasteiger partial charge in [-0.1, -0.05) is 26.2 Å². The van der Waals surface area contributed by atoms with E-state index >= 15 is 0 Å². The van der Waals surface area contributed by atoms with E-state index in [9.17, 15) is 4.79 Å². The molecule has 3 nitrogen and oxygen atoms in total. The van der Waals surface area contributed by atoms with Crippen LogP contribution in [0.5, 0.6) is 5.75 Å². The number of rotatable bonds is 8. The Labute approximate surface area is 128 Å². The molecule has 0 aromatic heterocycles. The highest BCUT2D eigenvalue weighted by Gasteiger charge is 2.21. The summed E-state index contributed by atoms with van der Waals surface area (Å²) in [4.78, 5) is 12.4. The van der Waals surface area contributed by atoms with E-state index in [1.807, 2.05) is 24.3 Å². The number of ketones is 1. The average Bonchev–Trinajstić information content (AvgIpc) is 2.55. The summed E-state index contributed by atoms with van der Waals surface area (Å²) in [6.07, 6.45) is 6.75. The minimum Gasteiger partial charge on any atom is -0.494 e. The molecule has 0 radical (unpaired) electrons. The van der Waals surface area contributed by atoms with E-state index in [1.54, 1.807) is 0 Å². The molecule has 0 atom stereocenters. The zero-order chi connectivity index (χ0) is 14.9. The smallest absolute Gasteiger partial charge is 0.166 e. The van der Waals surface area contributed by atoms with Gasteiger partial charge in [-0.05, 0) is 56.6 Å². The molecule has 21 heavy (non-hydrogen) atoms. The van der Waals surface area contributed by atoms with Gasteiger partial charge in [-0.2, -0.15) is 0 Å². The molecule has 1 heterocycles. The van der Waals surface area contributed by atoms with Gasteiger partial charge in [0.1, 0.15) is 5.75 Å². The fraction of sp³-hybridized carbons (Fsp3) is 0.611. The van der Waals surface area contributed by atoms with Crippen molar-refractivity contribution in [2.45, 2.75) is 45.4 Å². The lowest BCUT2D eigenvalue weighted by atomic mass is 9.90. The Morgan fingerprint density at radius 2 is 1.86 bits per heavy atom. The molecule has 0 spiro atoms. The molecular weight excluding hydrogens is 262 g/mol. The zero-order valence-electron chi connectivity index (χ0n) is 13.1. The zero-order valence-corrected chi connectivity index (χ0v) is 13.1. The summed E-state index contributed by atoms with van der Waals surface area (Å²) in [7, 11) is 0. The van der Waals surface area contributed by atoms with Crippen molar-refractivity contribution in [1.82, 2.24) is 5.32 Å². The van der Waals surface area contributed by atoms with Crippen molar-refractivity contribution in [3.8, 4) is 5.75 Å². The van der Waals surface area contributed by atoms with Crippen molar-refractivity contribution < 1.29 is 9.53 Å². The molecule has 1 aromatic carbocycles. The number of unbranched alkanes of at least 4 members (excludes halogenated alkanes) is 3. The number of carbonyl (C=O) groups excluding carboxylic acids is 1. The van der Waals surface area contributed by atoms with Crippen LogP contribution < -0.4 is 10.1 Å². The molecule has 0 saturated carbocycles. The van der Waals surface area contributed by atoms with Gasteiger partial charge in [0.05, 0.1) is 6.61 Å². The average molecular weight is 289 g/mol. The summed E-state index contributed by atoms with van der Waals surface area (Å²) in [5, 5.41) is 3.30. The van der Waals surface area contributed by atoms with Crippen molar-refractivity contribution in [3.63, 3.8) is 0 Å². The SMILES string of the molecule is CCCCCCOc1ccc(C(=O)C2CCNCC2)cc1. The van der Waals surface area contributed by atoms with E-state index in [1.165, 1.54) is 19.3 Å². The lowest BCUT2D eigenvalue weighted by Gasteiger charge is -2.21. The molecule has 1 N–H and O–H groups in total. The van der Waals surface area contributed by atoms with Crippen molar-refractivity contribution in [3.05, 3.63) is 29.8 Å². The number of ether oxygens (including phenoxy) is 1. The van der Waals surface area contributed by atoms with E-state index in [0.29, 0.717) is 0 Å². The van der Waals surface area contributed by atoms with E-state index in [4.69, 9.17) is 4.74 Å². The molecule has 1 saturated heterocycles. The number of carbonyl (C=O) groups is 1. The molecule has 0 unspecified atom stereocenters. The van der Waals surface area contributed by atoms with Gasteiger partial charge in [0.2, 0.25) is 0 Å². The third kappa shape index (κ3) is 5.16. The molecule has 116 valence electrons. The quantitative estimate of drug-likeness (QED) is 0.584. The van der Waals surface area contributed by atoms with E-state index in [-0.39, 0.29) is 11.7 Å². The van der Waals surface area contributed by atoms with Crippen molar-refractivity contribution >= 4 is 5.78 Å². The number of nitrogens with one attached hydrogen (secondary N) is 1. The molecule has 1 fully saturated rings. The summed E-state index contributed by atoms with van der Waals surface area (Å²) < 4.78 is 5.71. The van der Waals surface area contributed by atoms with Crippen LogP contribution in [0, 0.1) is 5.92 Å². The van der Waals surface area contributed by atoms with Crippen molar-refractivity contribution in [2.75, 3.05) is 19.7 Å². The Morgan fingerprint density at radius 3 is 2.52 bits per heavy atom. The van der Waals surface area contributed by atoms with Gasteiger partial charge in [0.25, 0.3) is 0 Å². The minimum absolute atomic E-state index is 0.187. The van der Waals surface area contributed by atoms with Crippen LogP contribution in [-0.4, -0.2) is 25.5 Å². The van der Waals surface area contributed by atoms with E-state index in [0.717, 1.165) is 50.3 Å². The fourth-order valence-electron chi connectivity index (χ4n) is 2.75. The standard InChI is InChI=1S/C18H27NO2/c1-2-3-4-5-14-21-17-8-6-15(7-9-17)18(20)16-10-12-19-13-11-16/h6-9,16,19H,2-5,10-14H2,1H3. The fourth-order valence-corrected chi connectivity index (χ4v) is 2.75. The van der Waals surface area contributed by atoms with Gasteiger partial charge in [-0.15, -0.1) is 0 Å². The molecule has 0 amide bonds. The van der Waals surface area contributed by atoms with Crippen LogP contribution in [0.1, 0.15) is 55.8 Å². The molecule has 3 heteroatoms. The number of hydrogen-bond acceptors (Lipinski definition) is 3. The summed E-state index contributed by atoms with van der Waals surface area (Å²) in [6.45, 7) is 4.88. The molecule has 1 aromatic rings. The number of piperidine rings is 1. The molecule has 1 aliphatic rings. The van der Waals surface area contributed by atoms with Gasteiger partial charge in [-0.3, -0.25) is 4.79 Å². The predicted octanol–water partition coefficient (Wildman–Crippen LogP) is 3.83. The van der Waals surface area contributed by atoms with E-state index in [2.05, 4.69) is 12.2 Å².